The summed E-state index contributed by atoms with van der Waals surface area (Å²) in [5.41, 5.74) is 7.17. The monoisotopic (exact) mass is 193 g/mol. The summed E-state index contributed by atoms with van der Waals surface area (Å²) in [5, 5.41) is 0. The van der Waals surface area contributed by atoms with Crippen molar-refractivity contribution in [1.29, 1.82) is 0 Å². The van der Waals surface area contributed by atoms with E-state index in [-0.39, 0.29) is 0 Å². The van der Waals surface area contributed by atoms with Crippen LogP contribution in [0, 0.1) is 0 Å². The smallest absolute Gasteiger partial charge is 0.0485 e. The number of nitrogens with zero attached hydrogens (tertiary/aromatic N) is 1. The van der Waals surface area contributed by atoms with Crippen LogP contribution >= 0.6 is 0 Å². The standard InChI is InChI=1S/C11H19N3/c12-8-11(10-4-5-13-9-10)14-6-2-1-3-7-14/h4-5,9,11,13H,1-3,6-8,12H2. The minimum Gasteiger partial charge on any atom is -0.367 e. The molecule has 0 bridgehead atoms. The van der Waals surface area contributed by atoms with Crippen LogP contribution in [0.3, 0.4) is 0 Å². The molecule has 2 rings (SSSR count). The zero-order valence-corrected chi connectivity index (χ0v) is 8.58. The highest BCUT2D eigenvalue weighted by atomic mass is 15.2. The molecule has 1 aromatic heterocycles. The number of piperidine rings is 1. The minimum atomic E-state index is 0.418. The number of aromatic nitrogens is 1. The molecule has 1 aromatic rings. The molecule has 0 aliphatic carbocycles. The second-order valence-electron chi connectivity index (χ2n) is 3.99. The van der Waals surface area contributed by atoms with Crippen molar-refractivity contribution in [3.63, 3.8) is 0 Å². The normalized spacial score (nSPS) is 20.9. The Morgan fingerprint density at radius 3 is 2.71 bits per heavy atom. The Bertz CT molecular complexity index is 250. The third kappa shape index (κ3) is 1.99. The van der Waals surface area contributed by atoms with Gasteiger partial charge in [-0.15, -0.1) is 0 Å². The number of aromatic amines is 1. The topological polar surface area (TPSA) is 45.1 Å². The van der Waals surface area contributed by atoms with Crippen molar-refractivity contribution in [2.45, 2.75) is 25.3 Å². The Morgan fingerprint density at radius 2 is 2.14 bits per heavy atom. The molecule has 1 unspecified atom stereocenters. The number of hydrogen-bond donors (Lipinski definition) is 2. The van der Waals surface area contributed by atoms with Crippen LogP contribution < -0.4 is 5.73 Å². The van der Waals surface area contributed by atoms with Crippen LogP contribution in [0.2, 0.25) is 0 Å². The zero-order valence-electron chi connectivity index (χ0n) is 8.58. The quantitative estimate of drug-likeness (QED) is 0.764. The molecule has 3 heteroatoms. The van der Waals surface area contributed by atoms with E-state index >= 15 is 0 Å². The van der Waals surface area contributed by atoms with Crippen molar-refractivity contribution in [2.24, 2.45) is 5.73 Å². The second-order valence-corrected chi connectivity index (χ2v) is 3.99. The van der Waals surface area contributed by atoms with Crippen molar-refractivity contribution >= 4 is 0 Å². The SMILES string of the molecule is NCC(c1cc[nH]c1)N1CCCCC1. The first-order chi connectivity index (χ1) is 6.92. The average Bonchev–Trinajstić information content (AvgIpc) is 2.74. The van der Waals surface area contributed by atoms with E-state index < -0.39 is 0 Å². The number of nitrogens with one attached hydrogen (secondary N) is 1. The summed E-state index contributed by atoms with van der Waals surface area (Å²) in [6, 6.07) is 2.55. The van der Waals surface area contributed by atoms with Crippen molar-refractivity contribution in [1.82, 2.24) is 9.88 Å². The molecule has 0 radical (unpaired) electrons. The first kappa shape index (κ1) is 9.74. The Hall–Kier alpha value is -0.800. The third-order valence-electron chi connectivity index (χ3n) is 3.06. The van der Waals surface area contributed by atoms with Crippen LogP contribution in [0.15, 0.2) is 18.5 Å². The number of rotatable bonds is 3. The fourth-order valence-electron chi connectivity index (χ4n) is 2.27. The molecule has 0 aromatic carbocycles. The van der Waals surface area contributed by atoms with Gasteiger partial charge in [-0.25, -0.2) is 0 Å². The second kappa shape index (κ2) is 4.62. The van der Waals surface area contributed by atoms with E-state index in [1.807, 2.05) is 6.20 Å². The lowest BCUT2D eigenvalue weighted by Gasteiger charge is -2.33. The Balaban J connectivity index is 2.04. The maximum absolute atomic E-state index is 5.84. The van der Waals surface area contributed by atoms with Gasteiger partial charge in [0.2, 0.25) is 0 Å². The largest absolute Gasteiger partial charge is 0.367 e. The molecule has 3 N–H and O–H groups in total. The van der Waals surface area contributed by atoms with Gasteiger partial charge in [0.1, 0.15) is 0 Å². The lowest BCUT2D eigenvalue weighted by molar-refractivity contribution is 0.167. The molecule has 2 heterocycles. The van der Waals surface area contributed by atoms with Crippen LogP contribution in [0.4, 0.5) is 0 Å². The van der Waals surface area contributed by atoms with Gasteiger partial charge in [-0.2, -0.15) is 0 Å². The maximum atomic E-state index is 5.84. The molecule has 1 aliphatic heterocycles. The maximum Gasteiger partial charge on any atom is 0.0485 e. The molecule has 1 atom stereocenters. The Kier molecular flexibility index (Phi) is 3.22. The summed E-state index contributed by atoms with van der Waals surface area (Å²) in [4.78, 5) is 5.61. The summed E-state index contributed by atoms with van der Waals surface area (Å²) in [6.45, 7) is 3.12. The fraction of sp³-hybridized carbons (Fsp3) is 0.636. The fourth-order valence-corrected chi connectivity index (χ4v) is 2.27. The summed E-state index contributed by atoms with van der Waals surface area (Å²) < 4.78 is 0. The summed E-state index contributed by atoms with van der Waals surface area (Å²) in [5.74, 6) is 0. The first-order valence-electron chi connectivity index (χ1n) is 5.48. The highest BCUT2D eigenvalue weighted by molar-refractivity contribution is 5.14. The molecule has 0 amide bonds. The van der Waals surface area contributed by atoms with Gasteiger partial charge in [-0.1, -0.05) is 6.42 Å². The van der Waals surface area contributed by atoms with E-state index in [0.29, 0.717) is 6.04 Å². The Morgan fingerprint density at radius 1 is 1.36 bits per heavy atom. The molecule has 0 saturated carbocycles. The van der Waals surface area contributed by atoms with E-state index in [1.54, 1.807) is 0 Å². The van der Waals surface area contributed by atoms with Crippen molar-refractivity contribution < 1.29 is 0 Å². The molecular formula is C11H19N3. The number of likely N-dealkylation sites (tertiary alicyclic amines) is 1. The molecule has 3 nitrogen and oxygen atoms in total. The zero-order chi connectivity index (χ0) is 9.80. The van der Waals surface area contributed by atoms with Gasteiger partial charge in [0.25, 0.3) is 0 Å². The van der Waals surface area contributed by atoms with Gasteiger partial charge in [0, 0.05) is 25.0 Å². The first-order valence-corrected chi connectivity index (χ1v) is 5.48. The summed E-state index contributed by atoms with van der Waals surface area (Å²) in [6.07, 6.45) is 8.05. The van der Waals surface area contributed by atoms with Crippen LogP contribution in [-0.4, -0.2) is 29.5 Å². The lowest BCUT2D eigenvalue weighted by Crippen LogP contribution is -2.37. The van der Waals surface area contributed by atoms with Gasteiger partial charge in [-0.3, -0.25) is 4.90 Å². The van der Waals surface area contributed by atoms with Gasteiger partial charge in [-0.05, 0) is 37.6 Å². The number of hydrogen-bond acceptors (Lipinski definition) is 2. The predicted octanol–water partition coefficient (Wildman–Crippen LogP) is 1.50. The van der Waals surface area contributed by atoms with E-state index in [4.69, 9.17) is 5.73 Å². The highest BCUT2D eigenvalue weighted by Gasteiger charge is 2.20. The van der Waals surface area contributed by atoms with Gasteiger partial charge < -0.3 is 10.7 Å². The van der Waals surface area contributed by atoms with Gasteiger partial charge in [0.05, 0.1) is 0 Å². The summed E-state index contributed by atoms with van der Waals surface area (Å²) >= 11 is 0. The van der Waals surface area contributed by atoms with Crippen LogP contribution in [0.25, 0.3) is 0 Å². The molecule has 14 heavy (non-hydrogen) atoms. The van der Waals surface area contributed by atoms with E-state index in [0.717, 1.165) is 6.54 Å². The van der Waals surface area contributed by atoms with Crippen LogP contribution in [-0.2, 0) is 0 Å². The van der Waals surface area contributed by atoms with Gasteiger partial charge >= 0.3 is 0 Å². The number of nitrogens with two attached hydrogens (primary N) is 1. The van der Waals surface area contributed by atoms with Crippen molar-refractivity contribution in [2.75, 3.05) is 19.6 Å². The van der Waals surface area contributed by atoms with Crippen molar-refractivity contribution in [3.8, 4) is 0 Å². The third-order valence-corrected chi connectivity index (χ3v) is 3.06. The summed E-state index contributed by atoms with van der Waals surface area (Å²) in [7, 11) is 0. The molecular weight excluding hydrogens is 174 g/mol. The average molecular weight is 193 g/mol. The molecule has 1 aliphatic rings. The Labute approximate surface area is 85.3 Å². The van der Waals surface area contributed by atoms with E-state index in [1.165, 1.54) is 37.9 Å². The van der Waals surface area contributed by atoms with E-state index in [2.05, 4.69) is 22.1 Å². The van der Waals surface area contributed by atoms with Gasteiger partial charge in [0.15, 0.2) is 0 Å². The minimum absolute atomic E-state index is 0.418. The number of H-pyrrole nitrogens is 1. The highest BCUT2D eigenvalue weighted by Crippen LogP contribution is 2.22. The molecule has 1 saturated heterocycles. The predicted molar refractivity (Wildman–Crippen MR) is 58.0 cm³/mol. The van der Waals surface area contributed by atoms with Crippen molar-refractivity contribution in [3.05, 3.63) is 24.0 Å². The molecule has 78 valence electrons. The molecule has 0 spiro atoms. The molecule has 1 fully saturated rings. The van der Waals surface area contributed by atoms with Crippen LogP contribution in [0.1, 0.15) is 30.9 Å². The van der Waals surface area contributed by atoms with Crippen LogP contribution in [0.5, 0.6) is 0 Å². The lowest BCUT2D eigenvalue weighted by atomic mass is 10.0. The van der Waals surface area contributed by atoms with E-state index in [9.17, 15) is 0 Å².